The van der Waals surface area contributed by atoms with Crippen LogP contribution in [0.5, 0.6) is 0 Å². The van der Waals surface area contributed by atoms with E-state index in [1.165, 1.54) is 28.7 Å². The third-order valence-electron chi connectivity index (χ3n) is 10.8. The Morgan fingerprint density at radius 3 is 2.40 bits per heavy atom. The predicted octanol–water partition coefficient (Wildman–Crippen LogP) is 8.74. The van der Waals surface area contributed by atoms with Gasteiger partial charge in [-0.1, -0.05) is 6.07 Å². The highest BCUT2D eigenvalue weighted by Crippen LogP contribution is 2.46. The number of hydrogen-bond donors (Lipinski definition) is 1. The molecule has 8 rings (SSSR count). The molecule has 2 fully saturated rings. The molecule has 0 saturated carbocycles. The number of anilines is 3. The van der Waals surface area contributed by atoms with E-state index in [2.05, 4.69) is 10.2 Å². The maximum atomic E-state index is 14.3. The molecule has 8 nitrogen and oxygen atoms in total. The highest BCUT2D eigenvalue weighted by atomic mass is 32.1. The molecule has 0 radical (unpaired) electrons. The van der Waals surface area contributed by atoms with Crippen molar-refractivity contribution in [2.75, 3.05) is 48.0 Å². The number of benzene rings is 2. The van der Waals surface area contributed by atoms with Gasteiger partial charge in [-0.2, -0.15) is 0 Å². The summed E-state index contributed by atoms with van der Waals surface area (Å²) in [7, 11) is 0. The van der Waals surface area contributed by atoms with E-state index in [1.807, 2.05) is 24.4 Å². The molecule has 6 heterocycles. The second-order valence-electron chi connectivity index (χ2n) is 14.1. The van der Waals surface area contributed by atoms with E-state index in [-0.39, 0.29) is 29.6 Å². The van der Waals surface area contributed by atoms with Gasteiger partial charge < -0.3 is 19.9 Å². The van der Waals surface area contributed by atoms with Crippen molar-refractivity contribution in [3.05, 3.63) is 117 Å². The highest BCUT2D eigenvalue weighted by Gasteiger charge is 2.37. The number of rotatable bonds is 7. The van der Waals surface area contributed by atoms with E-state index in [0.29, 0.717) is 45.9 Å². The van der Waals surface area contributed by atoms with Gasteiger partial charge in [0.05, 0.1) is 25.9 Å². The van der Waals surface area contributed by atoms with Crippen LogP contribution in [0.25, 0.3) is 9.75 Å². The summed E-state index contributed by atoms with van der Waals surface area (Å²) in [6.45, 7) is 5.64. The number of nitrogens with zero attached hydrogens (tertiary/aromatic N) is 3. The summed E-state index contributed by atoms with van der Waals surface area (Å²) in [5.74, 6) is -1.57. The van der Waals surface area contributed by atoms with E-state index in [0.717, 1.165) is 90.7 Å². The Kier molecular flexibility index (Phi) is 9.69. The van der Waals surface area contributed by atoms with Gasteiger partial charge in [0.25, 0.3) is 11.8 Å². The second-order valence-corrected chi connectivity index (χ2v) is 16.1. The second kappa shape index (κ2) is 14.6. The Morgan fingerprint density at radius 2 is 1.66 bits per heavy atom. The van der Waals surface area contributed by atoms with Crippen LogP contribution in [-0.4, -0.2) is 55.4 Å². The molecule has 3 aliphatic heterocycles. The normalized spacial score (nSPS) is 16.5. The Bertz CT molecular complexity index is 2180. The number of halogens is 2. The number of ether oxygens (including phenoxy) is 1. The lowest BCUT2D eigenvalue weighted by atomic mass is 9.72. The molecular weight excluding hydrogens is 715 g/mol. The van der Waals surface area contributed by atoms with Crippen LogP contribution >= 0.6 is 22.7 Å². The van der Waals surface area contributed by atoms with Crippen LogP contribution in [0.2, 0.25) is 0 Å². The fourth-order valence-corrected chi connectivity index (χ4v) is 9.91. The van der Waals surface area contributed by atoms with Crippen LogP contribution in [0, 0.1) is 24.0 Å². The lowest BCUT2D eigenvalue weighted by Gasteiger charge is -2.44. The lowest BCUT2D eigenvalue weighted by molar-refractivity contribution is 0.00205. The number of amides is 2. The van der Waals surface area contributed by atoms with Crippen molar-refractivity contribution in [2.24, 2.45) is 5.41 Å². The van der Waals surface area contributed by atoms with Crippen LogP contribution < -0.4 is 15.1 Å². The van der Waals surface area contributed by atoms with Crippen molar-refractivity contribution in [3.8, 4) is 9.75 Å². The molecule has 3 aromatic heterocycles. The van der Waals surface area contributed by atoms with Crippen molar-refractivity contribution in [1.82, 2.24) is 4.98 Å². The van der Waals surface area contributed by atoms with Gasteiger partial charge in [0.2, 0.25) is 0 Å². The van der Waals surface area contributed by atoms with Crippen LogP contribution in [-0.2, 0) is 17.6 Å². The fraction of sp³-hybridized carbons (Fsp3) is 0.317. The van der Waals surface area contributed by atoms with Crippen LogP contribution in [0.15, 0.2) is 72.2 Å². The van der Waals surface area contributed by atoms with E-state index >= 15 is 0 Å². The molecular formula is C41H38F2N4O4S2. The summed E-state index contributed by atoms with van der Waals surface area (Å²) in [6.07, 6.45) is 6.23. The molecule has 0 bridgehead atoms. The Hall–Kier alpha value is -4.78. The summed E-state index contributed by atoms with van der Waals surface area (Å²) in [5, 5.41) is 4.93. The van der Waals surface area contributed by atoms with Crippen molar-refractivity contribution in [2.45, 2.75) is 45.4 Å². The molecule has 53 heavy (non-hydrogen) atoms. The Balaban J connectivity index is 0.952. The molecule has 272 valence electrons. The fourth-order valence-electron chi connectivity index (χ4n) is 7.67. The molecule has 2 saturated heterocycles. The zero-order valence-corrected chi connectivity index (χ0v) is 30.9. The maximum absolute atomic E-state index is 14.3. The zero-order valence-electron chi connectivity index (χ0n) is 29.3. The number of thiophene rings is 2. The Morgan fingerprint density at radius 1 is 0.925 bits per heavy atom. The molecule has 1 N–H and O–H groups in total. The van der Waals surface area contributed by atoms with E-state index < -0.39 is 11.6 Å². The van der Waals surface area contributed by atoms with Crippen molar-refractivity contribution < 1.29 is 27.9 Å². The molecule has 5 aromatic rings. The van der Waals surface area contributed by atoms with Gasteiger partial charge >= 0.3 is 0 Å². The minimum Gasteiger partial charge on any atom is -0.381 e. The molecule has 2 aromatic carbocycles. The molecule has 1 spiro atoms. The maximum Gasteiger partial charge on any atom is 0.259 e. The zero-order chi connectivity index (χ0) is 36.7. The first-order valence-electron chi connectivity index (χ1n) is 17.9. The number of nitrogens with one attached hydrogen (secondary N) is 1. The minimum atomic E-state index is -0.740. The van der Waals surface area contributed by atoms with Gasteiger partial charge in [0.15, 0.2) is 5.78 Å². The first-order valence-corrected chi connectivity index (χ1v) is 19.6. The number of Topliss-reactive ketones (excluding diaryl/α,β-unsaturated/α-hetero) is 1. The minimum absolute atomic E-state index is 0.179. The number of piperidine rings is 1. The van der Waals surface area contributed by atoms with Crippen LogP contribution in [0.1, 0.15) is 72.8 Å². The number of carbonyl (C=O) groups is 3. The average Bonchev–Trinajstić information content (AvgIpc) is 3.79. The SMILES string of the molecule is Cc1cnc(N2CCC3(CCOCC3)CC2)c(C(=O)Nc2ccc(C(=O)N3CCc4cc(C(=O)Cc5c(F)cccc5F)sc4-c4sccc43)cc2)c1. The summed E-state index contributed by atoms with van der Waals surface area (Å²) >= 11 is 2.77. The summed E-state index contributed by atoms with van der Waals surface area (Å²) < 4.78 is 34.1. The third-order valence-corrected chi connectivity index (χ3v) is 13.1. The standard InChI is InChI=1S/C41H38F2N4O4S2/c1-25-21-30(38(44-24-25)46-16-11-41(12-17-46)13-18-51-19-14-41)39(49)45-28-7-5-26(6-8-28)40(50)47-15-9-27-22-35(53-36(27)37-33(47)10-20-52-37)34(48)23-29-31(42)3-2-4-32(29)43/h2-8,10,20-22,24H,9,11-19,23H2,1H3,(H,45,49). The average molecular weight is 753 g/mol. The first kappa shape index (κ1) is 35.3. The van der Waals surface area contributed by atoms with Crippen LogP contribution in [0.4, 0.5) is 26.0 Å². The molecule has 0 aliphatic carbocycles. The molecule has 3 aliphatic rings. The Labute approximate surface area is 314 Å². The van der Waals surface area contributed by atoms with Gasteiger partial charge in [-0.15, -0.1) is 22.7 Å². The summed E-state index contributed by atoms with van der Waals surface area (Å²) in [5.41, 5.74) is 4.22. The number of fused-ring (bicyclic) bond motifs is 3. The topological polar surface area (TPSA) is 91.8 Å². The number of pyridine rings is 1. The summed E-state index contributed by atoms with van der Waals surface area (Å²) in [4.78, 5) is 51.6. The van der Waals surface area contributed by atoms with Crippen LogP contribution in [0.3, 0.4) is 0 Å². The third kappa shape index (κ3) is 7.03. The molecule has 2 amide bonds. The largest absolute Gasteiger partial charge is 0.381 e. The van der Waals surface area contributed by atoms with Crippen molar-refractivity contribution in [1.29, 1.82) is 0 Å². The quantitative estimate of drug-likeness (QED) is 0.167. The van der Waals surface area contributed by atoms with Gasteiger partial charge in [-0.25, -0.2) is 13.8 Å². The number of aromatic nitrogens is 1. The smallest absolute Gasteiger partial charge is 0.259 e. The first-order chi connectivity index (χ1) is 25.7. The van der Waals surface area contributed by atoms with Crippen molar-refractivity contribution in [3.63, 3.8) is 0 Å². The molecule has 0 atom stereocenters. The van der Waals surface area contributed by atoms with Gasteiger partial charge in [-0.05, 0) is 116 Å². The van der Waals surface area contributed by atoms with Gasteiger partial charge in [0.1, 0.15) is 17.5 Å². The van der Waals surface area contributed by atoms with E-state index in [1.54, 1.807) is 41.4 Å². The molecule has 0 unspecified atom stereocenters. The highest BCUT2D eigenvalue weighted by molar-refractivity contribution is 7.23. The summed E-state index contributed by atoms with van der Waals surface area (Å²) in [6, 6.07) is 16.1. The van der Waals surface area contributed by atoms with Gasteiger partial charge in [-0.3, -0.25) is 14.4 Å². The van der Waals surface area contributed by atoms with E-state index in [9.17, 15) is 23.2 Å². The lowest BCUT2D eigenvalue weighted by Crippen LogP contribution is -2.43. The molecule has 12 heteroatoms. The number of hydrogen-bond acceptors (Lipinski definition) is 8. The predicted molar refractivity (Wildman–Crippen MR) is 205 cm³/mol. The number of carbonyl (C=O) groups excluding carboxylic acids is 3. The van der Waals surface area contributed by atoms with Gasteiger partial charge in [0, 0.05) is 62.3 Å². The van der Waals surface area contributed by atoms with E-state index in [4.69, 9.17) is 9.72 Å². The number of aryl methyl sites for hydroxylation is 1. The monoisotopic (exact) mass is 752 g/mol. The number of ketones is 1. The van der Waals surface area contributed by atoms with Crippen molar-refractivity contribution >= 4 is 57.5 Å².